The number of ether oxygens (including phenoxy) is 1. The maximum atomic E-state index is 12.3. The van der Waals surface area contributed by atoms with Crippen molar-refractivity contribution in [3.05, 3.63) is 66.7 Å². The second kappa shape index (κ2) is 8.38. The first-order chi connectivity index (χ1) is 11.6. The fraction of sp³-hybridized carbons (Fsp3) is 0.111. The molecule has 0 aliphatic heterocycles. The van der Waals surface area contributed by atoms with Crippen molar-refractivity contribution in [2.45, 2.75) is 0 Å². The molecule has 0 bridgehead atoms. The molecule has 0 fully saturated rings. The van der Waals surface area contributed by atoms with Gasteiger partial charge in [0.15, 0.2) is 0 Å². The van der Waals surface area contributed by atoms with Crippen molar-refractivity contribution in [1.29, 1.82) is 0 Å². The minimum absolute atomic E-state index is 0.267. The predicted octanol–water partition coefficient (Wildman–Crippen LogP) is 3.26. The van der Waals surface area contributed by atoms with Crippen molar-refractivity contribution in [2.75, 3.05) is 24.3 Å². The van der Waals surface area contributed by atoms with Crippen LogP contribution in [0.2, 0.25) is 0 Å². The van der Waals surface area contributed by atoms with Crippen molar-refractivity contribution >= 4 is 23.3 Å². The van der Waals surface area contributed by atoms with Crippen molar-refractivity contribution in [3.63, 3.8) is 0 Å². The number of rotatable bonds is 6. The molecule has 0 heterocycles. The summed E-state index contributed by atoms with van der Waals surface area (Å²) in [5, 5.41) is 8.07. The Morgan fingerprint density at radius 2 is 1.67 bits per heavy atom. The number of hydrogen-bond donors (Lipinski definition) is 3. The van der Waals surface area contributed by atoms with Crippen LogP contribution in [-0.4, -0.2) is 25.6 Å². The number of amides is 3. The molecule has 0 atom stereocenters. The molecule has 2 aromatic rings. The Morgan fingerprint density at radius 3 is 2.29 bits per heavy atom. The lowest BCUT2D eigenvalue weighted by Crippen LogP contribution is -2.28. The molecule has 6 heteroatoms. The first kappa shape index (κ1) is 17.1. The van der Waals surface area contributed by atoms with Gasteiger partial charge in [-0.3, -0.25) is 4.79 Å². The molecule has 0 aromatic heterocycles. The summed E-state index contributed by atoms with van der Waals surface area (Å²) < 4.78 is 5.18. The van der Waals surface area contributed by atoms with Crippen molar-refractivity contribution < 1.29 is 14.3 Å². The van der Waals surface area contributed by atoms with E-state index in [0.717, 1.165) is 0 Å². The average Bonchev–Trinajstić information content (AvgIpc) is 2.61. The van der Waals surface area contributed by atoms with Crippen molar-refractivity contribution in [3.8, 4) is 5.75 Å². The van der Waals surface area contributed by atoms with Gasteiger partial charge in [0.2, 0.25) is 0 Å². The molecule has 2 rings (SSSR count). The topological polar surface area (TPSA) is 79.5 Å². The number of carbonyl (C=O) groups excluding carboxylic acids is 2. The van der Waals surface area contributed by atoms with Crippen LogP contribution in [0.1, 0.15) is 10.4 Å². The number of urea groups is 1. The highest BCUT2D eigenvalue weighted by molar-refractivity contribution is 6.06. The standard InChI is InChI=1S/C18H19N3O3/c1-3-12-19-18(23)21-14-10-8-13(9-11-14)20-17(22)15-6-4-5-7-16(15)24-2/h3-11H,1,12H2,2H3,(H,20,22)(H2,19,21,23). The second-order valence-electron chi connectivity index (χ2n) is 4.86. The van der Waals surface area contributed by atoms with E-state index in [-0.39, 0.29) is 11.9 Å². The summed E-state index contributed by atoms with van der Waals surface area (Å²) in [6.07, 6.45) is 1.59. The van der Waals surface area contributed by atoms with Crippen LogP contribution in [0.5, 0.6) is 5.75 Å². The van der Waals surface area contributed by atoms with Crippen LogP contribution in [-0.2, 0) is 0 Å². The monoisotopic (exact) mass is 325 g/mol. The highest BCUT2D eigenvalue weighted by atomic mass is 16.5. The Hall–Kier alpha value is -3.28. The van der Waals surface area contributed by atoms with Crippen molar-refractivity contribution in [1.82, 2.24) is 5.32 Å². The second-order valence-corrected chi connectivity index (χ2v) is 4.86. The summed E-state index contributed by atoms with van der Waals surface area (Å²) in [7, 11) is 1.52. The fourth-order valence-corrected chi connectivity index (χ4v) is 2.01. The molecule has 0 radical (unpaired) electrons. The normalized spacial score (nSPS) is 9.71. The first-order valence-corrected chi connectivity index (χ1v) is 7.34. The third kappa shape index (κ3) is 4.61. The van der Waals surface area contributed by atoms with E-state index in [1.807, 2.05) is 0 Å². The van der Waals surface area contributed by atoms with Gasteiger partial charge in [-0.2, -0.15) is 0 Å². The Bertz CT molecular complexity index is 727. The molecule has 0 saturated heterocycles. The molecule has 0 saturated carbocycles. The van der Waals surface area contributed by atoms with Crippen LogP contribution in [0.4, 0.5) is 16.2 Å². The molecule has 24 heavy (non-hydrogen) atoms. The van der Waals surface area contributed by atoms with Gasteiger partial charge in [-0.25, -0.2) is 4.79 Å². The largest absolute Gasteiger partial charge is 0.496 e. The van der Waals surface area contributed by atoms with Crippen LogP contribution < -0.4 is 20.7 Å². The highest BCUT2D eigenvalue weighted by Crippen LogP contribution is 2.20. The summed E-state index contributed by atoms with van der Waals surface area (Å²) in [6, 6.07) is 13.5. The van der Waals surface area contributed by atoms with E-state index in [1.54, 1.807) is 54.6 Å². The Balaban J connectivity index is 1.99. The lowest BCUT2D eigenvalue weighted by Gasteiger charge is -2.10. The van der Waals surface area contributed by atoms with Gasteiger partial charge < -0.3 is 20.7 Å². The van der Waals surface area contributed by atoms with E-state index in [0.29, 0.717) is 29.2 Å². The first-order valence-electron chi connectivity index (χ1n) is 7.34. The molecule has 124 valence electrons. The van der Waals surface area contributed by atoms with Crippen LogP contribution in [0.3, 0.4) is 0 Å². The van der Waals surface area contributed by atoms with E-state index >= 15 is 0 Å². The predicted molar refractivity (Wildman–Crippen MR) is 94.6 cm³/mol. The highest BCUT2D eigenvalue weighted by Gasteiger charge is 2.11. The molecular formula is C18H19N3O3. The number of para-hydroxylation sites is 1. The van der Waals surface area contributed by atoms with Gasteiger partial charge in [-0.1, -0.05) is 18.2 Å². The van der Waals surface area contributed by atoms with Gasteiger partial charge in [-0.15, -0.1) is 6.58 Å². The van der Waals surface area contributed by atoms with Gasteiger partial charge >= 0.3 is 6.03 Å². The SMILES string of the molecule is C=CCNC(=O)Nc1ccc(NC(=O)c2ccccc2OC)cc1. The smallest absolute Gasteiger partial charge is 0.319 e. The molecule has 3 amide bonds. The van der Waals surface area contributed by atoms with Crippen LogP contribution >= 0.6 is 0 Å². The number of carbonyl (C=O) groups is 2. The van der Waals surface area contributed by atoms with Crippen LogP contribution in [0.25, 0.3) is 0 Å². The third-order valence-electron chi connectivity index (χ3n) is 3.16. The average molecular weight is 325 g/mol. The van der Waals surface area contributed by atoms with E-state index in [4.69, 9.17) is 4.74 Å². The van der Waals surface area contributed by atoms with Gasteiger partial charge in [0.05, 0.1) is 12.7 Å². The van der Waals surface area contributed by atoms with Gasteiger partial charge in [0.1, 0.15) is 5.75 Å². The molecule has 6 nitrogen and oxygen atoms in total. The lowest BCUT2D eigenvalue weighted by molar-refractivity contribution is 0.102. The number of anilines is 2. The molecular weight excluding hydrogens is 306 g/mol. The molecule has 3 N–H and O–H groups in total. The lowest BCUT2D eigenvalue weighted by atomic mass is 10.2. The minimum Gasteiger partial charge on any atom is -0.496 e. The van der Waals surface area contributed by atoms with Gasteiger partial charge in [0, 0.05) is 17.9 Å². The van der Waals surface area contributed by atoms with Gasteiger partial charge in [0.25, 0.3) is 5.91 Å². The van der Waals surface area contributed by atoms with E-state index < -0.39 is 0 Å². The summed E-state index contributed by atoms with van der Waals surface area (Å²) in [5.41, 5.74) is 1.68. The fourth-order valence-electron chi connectivity index (χ4n) is 2.01. The Morgan fingerprint density at radius 1 is 1.04 bits per heavy atom. The van der Waals surface area contributed by atoms with E-state index in [2.05, 4.69) is 22.5 Å². The zero-order valence-corrected chi connectivity index (χ0v) is 13.3. The van der Waals surface area contributed by atoms with E-state index in [9.17, 15) is 9.59 Å². The Labute approximate surface area is 140 Å². The quantitative estimate of drug-likeness (QED) is 0.713. The summed E-state index contributed by atoms with van der Waals surface area (Å²) >= 11 is 0. The summed E-state index contributed by atoms with van der Waals surface area (Å²) in [4.78, 5) is 23.8. The van der Waals surface area contributed by atoms with Crippen LogP contribution in [0, 0.1) is 0 Å². The maximum Gasteiger partial charge on any atom is 0.319 e. The molecule has 0 spiro atoms. The van der Waals surface area contributed by atoms with Crippen molar-refractivity contribution in [2.24, 2.45) is 0 Å². The number of nitrogens with one attached hydrogen (secondary N) is 3. The number of benzene rings is 2. The maximum absolute atomic E-state index is 12.3. The Kier molecular flexibility index (Phi) is 5.96. The molecule has 2 aromatic carbocycles. The molecule has 0 aliphatic carbocycles. The third-order valence-corrected chi connectivity index (χ3v) is 3.16. The van der Waals surface area contributed by atoms with E-state index in [1.165, 1.54) is 7.11 Å². The molecule has 0 unspecified atom stereocenters. The minimum atomic E-state index is -0.319. The zero-order chi connectivity index (χ0) is 17.4. The molecule has 0 aliphatic rings. The summed E-state index contributed by atoms with van der Waals surface area (Å²) in [5.74, 6) is 0.240. The zero-order valence-electron chi connectivity index (χ0n) is 13.3. The number of hydrogen-bond acceptors (Lipinski definition) is 3. The van der Waals surface area contributed by atoms with Gasteiger partial charge in [-0.05, 0) is 36.4 Å². The summed E-state index contributed by atoms with van der Waals surface area (Å²) in [6.45, 7) is 3.91. The van der Waals surface area contributed by atoms with Crippen LogP contribution in [0.15, 0.2) is 61.2 Å². The number of methoxy groups -OCH3 is 1.